The van der Waals surface area contributed by atoms with E-state index in [0.29, 0.717) is 26.9 Å². The zero-order valence-electron chi connectivity index (χ0n) is 14.1. The van der Waals surface area contributed by atoms with Crippen LogP contribution < -0.4 is 19.1 Å². The average molecular weight is 407 g/mol. The molecule has 0 N–H and O–H groups in total. The number of hydrogen-bond acceptors (Lipinski definition) is 3. The molecule has 128 valence electrons. The van der Waals surface area contributed by atoms with Crippen molar-refractivity contribution in [1.29, 1.82) is 0 Å². The van der Waals surface area contributed by atoms with Crippen molar-refractivity contribution in [2.75, 3.05) is 7.11 Å². The first-order valence-electron chi connectivity index (χ1n) is 8.20. The van der Waals surface area contributed by atoms with E-state index in [1.54, 1.807) is 7.11 Å². The third-order valence-electron chi connectivity index (χ3n) is 4.07. The normalized spacial score (nSPS) is 10.8. The second kappa shape index (κ2) is 7.20. The van der Waals surface area contributed by atoms with E-state index >= 15 is 0 Å². The van der Waals surface area contributed by atoms with Crippen LogP contribution in [0.2, 0.25) is 0 Å². The van der Waals surface area contributed by atoms with Crippen LogP contribution in [0.5, 0.6) is 5.75 Å². The molecule has 0 atom stereocenters. The molecule has 0 bridgehead atoms. The van der Waals surface area contributed by atoms with E-state index in [2.05, 4.69) is 0 Å². The van der Waals surface area contributed by atoms with Gasteiger partial charge in [0.2, 0.25) is 0 Å². The first kappa shape index (κ1) is 16.6. The molecule has 0 aliphatic heterocycles. The van der Waals surface area contributed by atoms with Crippen LogP contribution in [-0.2, 0) is 0 Å². The Kier molecular flexibility index (Phi) is 4.61. The fourth-order valence-corrected chi connectivity index (χ4v) is 4.88. The van der Waals surface area contributed by atoms with Crippen molar-refractivity contribution in [3.05, 3.63) is 89.1 Å². The molecule has 1 aromatic heterocycles. The van der Waals surface area contributed by atoms with Crippen LogP contribution in [0, 0.1) is 0 Å². The minimum atomic E-state index is -0.179. The number of fused-ring (bicyclic) bond motifs is 1. The molecule has 1 heterocycles. The van der Waals surface area contributed by atoms with Gasteiger partial charge in [0.05, 0.1) is 0 Å². The van der Waals surface area contributed by atoms with Crippen molar-refractivity contribution < 1.29 is 9.15 Å². The van der Waals surface area contributed by atoms with Gasteiger partial charge in [-0.25, -0.2) is 0 Å². The Bertz CT molecular complexity index is 1120. The molecule has 3 nitrogen and oxygen atoms in total. The number of para-hydroxylation sites is 2. The Balaban J connectivity index is 2.01. The van der Waals surface area contributed by atoms with E-state index in [1.165, 1.54) is 0 Å². The summed E-state index contributed by atoms with van der Waals surface area (Å²) in [5.41, 5.74) is 1.41. The third kappa shape index (κ3) is 3.05. The molecule has 0 unspecified atom stereocenters. The summed E-state index contributed by atoms with van der Waals surface area (Å²) in [7, 11) is 1.62. The van der Waals surface area contributed by atoms with Crippen LogP contribution in [0.3, 0.4) is 0 Å². The summed E-state index contributed by atoms with van der Waals surface area (Å²) in [5.74, 6) is 1.28. The van der Waals surface area contributed by atoms with E-state index in [4.69, 9.17) is 9.15 Å². The molecule has 26 heavy (non-hydrogen) atoms. The van der Waals surface area contributed by atoms with Crippen LogP contribution in [0.15, 0.2) is 88.1 Å². The van der Waals surface area contributed by atoms with Crippen molar-refractivity contribution in [2.45, 2.75) is 0 Å². The molecule has 0 amide bonds. The van der Waals surface area contributed by atoms with E-state index in [1.807, 2.05) is 78.9 Å². The fourth-order valence-electron chi connectivity index (χ4n) is 2.83. The molecule has 4 rings (SSSR count). The molecule has 0 fully saturated rings. The van der Waals surface area contributed by atoms with E-state index in [0.717, 1.165) is 10.0 Å². The Morgan fingerprint density at radius 1 is 0.846 bits per heavy atom. The molecular weight excluding hydrogens is 391 g/mol. The molecule has 4 aromatic rings. The number of hydrogen-bond donors (Lipinski definition) is 0. The van der Waals surface area contributed by atoms with E-state index in [9.17, 15) is 4.79 Å². The van der Waals surface area contributed by atoms with E-state index < -0.39 is 0 Å². The molecule has 0 aliphatic rings. The Hall–Kier alpha value is -2.81. The molecule has 0 aliphatic carbocycles. The van der Waals surface area contributed by atoms with Crippen LogP contribution in [0.1, 0.15) is 0 Å². The summed E-state index contributed by atoms with van der Waals surface area (Å²) >= 11 is -0.179. The summed E-state index contributed by atoms with van der Waals surface area (Å²) in [6.07, 6.45) is 0. The Morgan fingerprint density at radius 2 is 1.54 bits per heavy atom. The van der Waals surface area contributed by atoms with Gasteiger partial charge in [-0.2, -0.15) is 0 Å². The number of ether oxygens (including phenoxy) is 1. The zero-order valence-corrected chi connectivity index (χ0v) is 15.9. The minimum absolute atomic E-state index is 0.0246. The average Bonchev–Trinajstić information content (AvgIpc) is 2.71. The number of benzene rings is 3. The van der Waals surface area contributed by atoms with Crippen molar-refractivity contribution in [2.24, 2.45) is 0 Å². The van der Waals surface area contributed by atoms with Gasteiger partial charge in [0.25, 0.3) is 0 Å². The Morgan fingerprint density at radius 3 is 2.35 bits per heavy atom. The summed E-state index contributed by atoms with van der Waals surface area (Å²) in [6.45, 7) is 0. The van der Waals surface area contributed by atoms with Gasteiger partial charge in [-0.05, 0) is 0 Å². The molecular formula is C22H16O3Se. The van der Waals surface area contributed by atoms with Crippen LogP contribution in [-0.4, -0.2) is 22.1 Å². The van der Waals surface area contributed by atoms with E-state index in [-0.39, 0.29) is 20.4 Å². The number of rotatable bonds is 4. The topological polar surface area (TPSA) is 39.4 Å². The van der Waals surface area contributed by atoms with Gasteiger partial charge in [-0.3, -0.25) is 0 Å². The van der Waals surface area contributed by atoms with Crippen molar-refractivity contribution >= 4 is 34.8 Å². The quantitative estimate of drug-likeness (QED) is 0.488. The van der Waals surface area contributed by atoms with Gasteiger partial charge < -0.3 is 0 Å². The summed E-state index contributed by atoms with van der Waals surface area (Å²) in [4.78, 5) is 13.2. The monoisotopic (exact) mass is 408 g/mol. The second-order valence-electron chi connectivity index (χ2n) is 5.70. The third-order valence-corrected chi connectivity index (χ3v) is 6.34. The second-order valence-corrected chi connectivity index (χ2v) is 7.97. The Labute approximate surface area is 157 Å². The molecule has 4 heteroatoms. The first-order chi connectivity index (χ1) is 12.8. The molecule has 0 radical (unpaired) electrons. The van der Waals surface area contributed by atoms with Crippen LogP contribution >= 0.6 is 0 Å². The van der Waals surface area contributed by atoms with Gasteiger partial charge >= 0.3 is 157 Å². The van der Waals surface area contributed by atoms with Gasteiger partial charge in [0, 0.05) is 0 Å². The standard InChI is InChI=1S/C22H16O3Se/c1-24-18-13-7-6-12-17(18)21-22(26-15-9-3-2-4-10-15)20(23)16-11-5-8-14-19(16)25-21/h2-14H,1H3. The first-order valence-corrected chi connectivity index (χ1v) is 9.91. The fraction of sp³-hybridized carbons (Fsp3) is 0.0455. The molecule has 0 saturated carbocycles. The predicted octanol–water partition coefficient (Wildman–Crippen LogP) is 3.12. The molecule has 3 aromatic carbocycles. The van der Waals surface area contributed by atoms with Crippen molar-refractivity contribution in [3.8, 4) is 17.1 Å². The van der Waals surface area contributed by atoms with Crippen molar-refractivity contribution in [3.63, 3.8) is 0 Å². The summed E-state index contributed by atoms with van der Waals surface area (Å²) < 4.78 is 13.5. The van der Waals surface area contributed by atoms with Gasteiger partial charge in [0.15, 0.2) is 0 Å². The van der Waals surface area contributed by atoms with Gasteiger partial charge in [0.1, 0.15) is 0 Å². The van der Waals surface area contributed by atoms with Crippen LogP contribution in [0.25, 0.3) is 22.3 Å². The van der Waals surface area contributed by atoms with Gasteiger partial charge in [-0.1, -0.05) is 0 Å². The summed E-state index contributed by atoms with van der Waals surface area (Å²) in [5, 5.41) is 0.610. The van der Waals surface area contributed by atoms with Gasteiger partial charge in [-0.15, -0.1) is 0 Å². The maximum absolute atomic E-state index is 13.2. The van der Waals surface area contributed by atoms with Crippen LogP contribution in [0.4, 0.5) is 0 Å². The number of methoxy groups -OCH3 is 1. The zero-order chi connectivity index (χ0) is 17.9. The predicted molar refractivity (Wildman–Crippen MR) is 106 cm³/mol. The molecule has 0 spiro atoms. The summed E-state index contributed by atoms with van der Waals surface area (Å²) in [6, 6.07) is 25.1. The molecule has 0 saturated heterocycles. The van der Waals surface area contributed by atoms with Crippen molar-refractivity contribution in [1.82, 2.24) is 0 Å². The SMILES string of the molecule is COc1ccccc1-c1oc2ccccc2c(=O)c1[Se]c1ccccc1. The maximum atomic E-state index is 13.2.